The van der Waals surface area contributed by atoms with Gasteiger partial charge in [0.15, 0.2) is 5.78 Å². The SMILES string of the molecule is CCC(C)(CC)C(=O)/C=C(\O)C(C)(CC)CC.Cc1coc2c(-c3oc4ccnc(-c5[c-]c6ccccc6c(C(C)(C)C)c5)c4c3C)cccc12.[Ir]. The number of aromatic nitrogens is 1. The van der Waals surface area contributed by atoms with Crippen molar-refractivity contribution in [1.29, 1.82) is 0 Å². The van der Waals surface area contributed by atoms with Crippen LogP contribution < -0.4 is 0 Å². The summed E-state index contributed by atoms with van der Waals surface area (Å²) < 4.78 is 12.4. The maximum atomic E-state index is 12.2. The Labute approximate surface area is 323 Å². The van der Waals surface area contributed by atoms with Gasteiger partial charge >= 0.3 is 0 Å². The maximum Gasteiger partial charge on any atom is 0.164 e. The largest absolute Gasteiger partial charge is 0.512 e. The van der Waals surface area contributed by atoms with Crippen LogP contribution in [0.1, 0.15) is 105 Å². The molecule has 6 heteroatoms. The molecule has 0 fully saturated rings. The van der Waals surface area contributed by atoms with E-state index >= 15 is 0 Å². The van der Waals surface area contributed by atoms with Gasteiger partial charge in [-0.15, -0.1) is 29.1 Å². The number of carbonyl (C=O) groups excluding carboxylic acids is 1. The van der Waals surface area contributed by atoms with E-state index in [0.29, 0.717) is 0 Å². The number of fused-ring (bicyclic) bond motifs is 3. The standard InChI is InChI=1S/C31H26NO2.C15H28O2.Ir/c1-18-17-33-30-22(18)11-8-12-24(30)29-19(2)27-26(34-29)13-14-32-28(27)21-15-20-9-6-7-10-23(20)25(16-21)31(3,4)5;1-7-14(5,8-2)12(16)11-13(17)15(6,9-3)10-4;/h6-14,16-17H,1-5H3;11,16H,7-10H2,1-6H3;/q-1;;/b;12-11-;. The smallest absolute Gasteiger partial charge is 0.164 e. The van der Waals surface area contributed by atoms with Crippen molar-refractivity contribution in [2.45, 2.75) is 107 Å². The van der Waals surface area contributed by atoms with E-state index in [1.165, 1.54) is 17.0 Å². The molecule has 1 N–H and O–H groups in total. The van der Waals surface area contributed by atoms with E-state index in [2.05, 4.69) is 89.2 Å². The van der Waals surface area contributed by atoms with Crippen LogP contribution in [0.25, 0.3) is 55.3 Å². The molecule has 6 rings (SSSR count). The number of para-hydroxylation sites is 1. The van der Waals surface area contributed by atoms with Crippen LogP contribution in [-0.2, 0) is 30.3 Å². The average molecular weight is 877 g/mol. The summed E-state index contributed by atoms with van der Waals surface area (Å²) in [5, 5.41) is 14.6. The van der Waals surface area contributed by atoms with Gasteiger partial charge in [0.05, 0.1) is 11.8 Å². The molecular weight excluding hydrogens is 823 g/mol. The second kappa shape index (κ2) is 15.9. The first-order valence-corrected chi connectivity index (χ1v) is 18.4. The van der Waals surface area contributed by atoms with Gasteiger partial charge < -0.3 is 13.9 Å². The molecule has 0 saturated heterocycles. The summed E-state index contributed by atoms with van der Waals surface area (Å²) in [5.41, 5.74) is 7.35. The van der Waals surface area contributed by atoms with Crippen molar-refractivity contribution in [1.82, 2.24) is 4.98 Å². The zero-order valence-corrected chi connectivity index (χ0v) is 35.1. The zero-order valence-electron chi connectivity index (χ0n) is 32.7. The molecule has 3 heterocycles. The summed E-state index contributed by atoms with van der Waals surface area (Å²) >= 11 is 0. The van der Waals surface area contributed by atoms with Gasteiger partial charge in [0.25, 0.3) is 0 Å². The molecule has 0 bridgehead atoms. The van der Waals surface area contributed by atoms with Crippen LogP contribution in [0, 0.1) is 30.7 Å². The Kier molecular flexibility index (Phi) is 12.5. The second-order valence-corrected chi connectivity index (χ2v) is 15.5. The Balaban J connectivity index is 0.000000289. The zero-order chi connectivity index (χ0) is 37.3. The van der Waals surface area contributed by atoms with E-state index in [1.54, 1.807) is 6.26 Å². The van der Waals surface area contributed by atoms with Gasteiger partial charge in [0.2, 0.25) is 0 Å². The maximum absolute atomic E-state index is 12.2. The van der Waals surface area contributed by atoms with Crippen LogP contribution in [0.15, 0.2) is 87.7 Å². The second-order valence-electron chi connectivity index (χ2n) is 15.5. The molecule has 52 heavy (non-hydrogen) atoms. The van der Waals surface area contributed by atoms with E-state index in [-0.39, 0.29) is 47.9 Å². The predicted octanol–water partition coefficient (Wildman–Crippen LogP) is 13.4. The molecule has 0 saturated carbocycles. The van der Waals surface area contributed by atoms with Crippen LogP contribution in [0.2, 0.25) is 0 Å². The molecule has 0 spiro atoms. The van der Waals surface area contributed by atoms with Gasteiger partial charge in [-0.2, -0.15) is 0 Å². The van der Waals surface area contributed by atoms with E-state index in [9.17, 15) is 9.90 Å². The van der Waals surface area contributed by atoms with Crippen molar-refractivity contribution in [2.75, 3.05) is 0 Å². The molecule has 0 aliphatic carbocycles. The third-order valence-electron chi connectivity index (χ3n) is 11.3. The van der Waals surface area contributed by atoms with Crippen LogP contribution in [0.5, 0.6) is 0 Å². The number of nitrogens with zero attached hydrogens (tertiary/aromatic N) is 1. The summed E-state index contributed by atoms with van der Waals surface area (Å²) in [6, 6.07) is 22.5. The summed E-state index contributed by atoms with van der Waals surface area (Å²) in [6.07, 6.45) is 8.38. The fourth-order valence-electron chi connectivity index (χ4n) is 6.68. The van der Waals surface area contributed by atoms with Gasteiger partial charge in [0.1, 0.15) is 22.7 Å². The Morgan fingerprint density at radius 3 is 2.13 bits per heavy atom. The average Bonchev–Trinajstić information content (AvgIpc) is 3.69. The van der Waals surface area contributed by atoms with Crippen molar-refractivity contribution >= 4 is 38.5 Å². The number of benzene rings is 3. The molecule has 0 atom stereocenters. The van der Waals surface area contributed by atoms with Crippen LogP contribution in [0.4, 0.5) is 0 Å². The first-order chi connectivity index (χ1) is 24.1. The number of hydrogen-bond acceptors (Lipinski definition) is 5. The molecule has 0 aliphatic rings. The summed E-state index contributed by atoms with van der Waals surface area (Å²) in [6.45, 7) is 23.0. The van der Waals surface area contributed by atoms with E-state index in [1.807, 2.05) is 53.8 Å². The minimum atomic E-state index is -0.337. The van der Waals surface area contributed by atoms with Crippen molar-refractivity contribution in [3.63, 3.8) is 0 Å². The number of carbonyl (C=O) groups is 1. The first kappa shape index (κ1) is 40.8. The fraction of sp³-hybridized carbons (Fsp3) is 0.391. The van der Waals surface area contributed by atoms with Gasteiger partial charge in [-0.3, -0.25) is 9.78 Å². The fourth-order valence-corrected chi connectivity index (χ4v) is 6.68. The molecule has 0 amide bonds. The number of ketones is 1. The third kappa shape index (κ3) is 7.70. The molecule has 6 aromatic rings. The Hall–Kier alpha value is -3.99. The normalized spacial score (nSPS) is 12.6. The number of rotatable bonds is 9. The van der Waals surface area contributed by atoms with Crippen LogP contribution >= 0.6 is 0 Å². The summed E-state index contributed by atoms with van der Waals surface area (Å²) in [7, 11) is 0. The number of hydrogen-bond donors (Lipinski definition) is 1. The quantitative estimate of drug-likeness (QED) is 0.0889. The van der Waals surface area contributed by atoms with Crippen molar-refractivity contribution < 1.29 is 38.8 Å². The van der Waals surface area contributed by atoms with Crippen molar-refractivity contribution in [3.8, 4) is 22.6 Å². The predicted molar refractivity (Wildman–Crippen MR) is 212 cm³/mol. The Bertz CT molecular complexity index is 2220. The van der Waals surface area contributed by atoms with Gasteiger partial charge in [-0.1, -0.05) is 104 Å². The molecule has 1 radical (unpaired) electrons. The molecule has 0 aliphatic heterocycles. The Morgan fingerprint density at radius 2 is 1.50 bits per heavy atom. The number of pyridine rings is 1. The minimum Gasteiger partial charge on any atom is -0.512 e. The van der Waals surface area contributed by atoms with E-state index in [0.717, 1.165) is 86.7 Å². The Morgan fingerprint density at radius 1 is 0.865 bits per heavy atom. The van der Waals surface area contributed by atoms with E-state index in [4.69, 9.17) is 13.8 Å². The number of aliphatic hydroxyl groups is 1. The van der Waals surface area contributed by atoms with Crippen molar-refractivity contribution in [2.24, 2.45) is 10.8 Å². The van der Waals surface area contributed by atoms with Crippen molar-refractivity contribution in [3.05, 3.63) is 102 Å². The number of furan rings is 2. The molecule has 5 nitrogen and oxygen atoms in total. The summed E-state index contributed by atoms with van der Waals surface area (Å²) in [4.78, 5) is 17.0. The first-order valence-electron chi connectivity index (χ1n) is 18.4. The minimum absolute atomic E-state index is 0. The number of allylic oxidation sites excluding steroid dienone is 2. The number of aliphatic hydroxyl groups excluding tert-OH is 1. The van der Waals surface area contributed by atoms with Crippen LogP contribution in [-0.4, -0.2) is 15.9 Å². The number of aryl methyl sites for hydroxylation is 2. The van der Waals surface area contributed by atoms with E-state index < -0.39 is 0 Å². The molecule has 3 aromatic carbocycles. The van der Waals surface area contributed by atoms with Gasteiger partial charge in [-0.25, -0.2) is 0 Å². The van der Waals surface area contributed by atoms with Gasteiger partial charge in [0, 0.05) is 59.7 Å². The topological polar surface area (TPSA) is 76.5 Å². The van der Waals surface area contributed by atoms with Gasteiger partial charge in [-0.05, 0) is 68.2 Å². The summed E-state index contributed by atoms with van der Waals surface area (Å²) in [5.74, 6) is 1.11. The molecular formula is C46H54IrNO4-. The molecule has 0 unspecified atom stereocenters. The monoisotopic (exact) mass is 877 g/mol. The van der Waals surface area contributed by atoms with Crippen LogP contribution in [0.3, 0.4) is 0 Å². The third-order valence-corrected chi connectivity index (χ3v) is 11.3. The molecule has 277 valence electrons. The molecule has 3 aromatic heterocycles.